The lowest BCUT2D eigenvalue weighted by Crippen LogP contribution is -2.14. The average molecular weight is 518 g/mol. The van der Waals surface area contributed by atoms with Crippen LogP contribution in [0.3, 0.4) is 0 Å². The molecule has 0 spiro atoms. The topological polar surface area (TPSA) is 118 Å². The van der Waals surface area contributed by atoms with E-state index >= 15 is 0 Å². The summed E-state index contributed by atoms with van der Waals surface area (Å²) >= 11 is 1.18. The van der Waals surface area contributed by atoms with E-state index in [9.17, 15) is 18.0 Å². The molecule has 0 radical (unpaired) electrons. The zero-order valence-corrected chi connectivity index (χ0v) is 20.5. The number of nitrogens with one attached hydrogen (secondary N) is 2. The van der Waals surface area contributed by atoms with Crippen molar-refractivity contribution >= 4 is 49.1 Å². The maximum Gasteiger partial charge on any atom is 0.345 e. The molecule has 0 unspecified atom stereocenters. The molecule has 36 heavy (non-hydrogen) atoms. The van der Waals surface area contributed by atoms with Crippen LogP contribution < -0.4 is 15.7 Å². The van der Waals surface area contributed by atoms with Crippen molar-refractivity contribution in [3.05, 3.63) is 106 Å². The van der Waals surface area contributed by atoms with Crippen LogP contribution in [0.2, 0.25) is 0 Å². The zero-order valence-electron chi connectivity index (χ0n) is 18.9. The second-order valence-electron chi connectivity index (χ2n) is 7.97. The molecular formula is C26H19N3O5S2. The molecule has 0 saturated carbocycles. The lowest BCUT2D eigenvalue weighted by molar-refractivity contribution is 0.102. The number of anilines is 2. The number of para-hydroxylation sites is 1. The fraction of sp³-hybridized carbons (Fsp3) is 0.0385. The van der Waals surface area contributed by atoms with Crippen molar-refractivity contribution in [2.75, 3.05) is 10.0 Å². The Hall–Kier alpha value is -4.28. The highest BCUT2D eigenvalue weighted by atomic mass is 32.2. The Morgan fingerprint density at radius 3 is 2.44 bits per heavy atom. The number of carbonyl (C=O) groups excluding carboxylic acids is 1. The molecule has 0 fully saturated rings. The minimum absolute atomic E-state index is 0.148. The van der Waals surface area contributed by atoms with Gasteiger partial charge in [0.2, 0.25) is 0 Å². The molecule has 2 heterocycles. The first-order valence-electron chi connectivity index (χ1n) is 10.8. The molecule has 5 aromatic rings. The van der Waals surface area contributed by atoms with Crippen LogP contribution >= 0.6 is 11.3 Å². The predicted molar refractivity (Wildman–Crippen MR) is 140 cm³/mol. The monoisotopic (exact) mass is 517 g/mol. The first kappa shape index (κ1) is 23.5. The molecule has 1 amide bonds. The van der Waals surface area contributed by atoms with Crippen LogP contribution in [0, 0.1) is 6.92 Å². The SMILES string of the molecule is Cc1ccc(S(=O)(=O)Nc2ccc(C(=O)Nc3nc(-c4cc5ccccc5oc4=O)cs3)cc2)cc1. The van der Waals surface area contributed by atoms with Gasteiger partial charge in [-0.25, -0.2) is 18.2 Å². The number of aromatic nitrogens is 1. The molecule has 0 aliphatic carbocycles. The number of hydrogen-bond acceptors (Lipinski definition) is 7. The molecule has 0 saturated heterocycles. The van der Waals surface area contributed by atoms with Gasteiger partial charge in [0.15, 0.2) is 5.13 Å². The Morgan fingerprint density at radius 1 is 0.972 bits per heavy atom. The lowest BCUT2D eigenvalue weighted by atomic mass is 10.1. The van der Waals surface area contributed by atoms with Gasteiger partial charge in [0, 0.05) is 22.0 Å². The van der Waals surface area contributed by atoms with E-state index in [1.807, 2.05) is 19.1 Å². The van der Waals surface area contributed by atoms with Gasteiger partial charge >= 0.3 is 5.63 Å². The van der Waals surface area contributed by atoms with Gasteiger partial charge < -0.3 is 4.42 Å². The molecular weight excluding hydrogens is 498 g/mol. The van der Waals surface area contributed by atoms with Crippen LogP contribution in [0.4, 0.5) is 10.8 Å². The minimum atomic E-state index is -3.74. The van der Waals surface area contributed by atoms with Gasteiger partial charge in [-0.05, 0) is 55.5 Å². The van der Waals surface area contributed by atoms with E-state index in [0.29, 0.717) is 33.2 Å². The number of sulfonamides is 1. The smallest absolute Gasteiger partial charge is 0.345 e. The van der Waals surface area contributed by atoms with E-state index in [0.717, 1.165) is 10.9 Å². The van der Waals surface area contributed by atoms with Crippen LogP contribution in [0.1, 0.15) is 15.9 Å². The molecule has 10 heteroatoms. The van der Waals surface area contributed by atoms with Crippen molar-refractivity contribution in [1.82, 2.24) is 4.98 Å². The lowest BCUT2D eigenvalue weighted by Gasteiger charge is -2.09. The first-order chi connectivity index (χ1) is 17.3. The highest BCUT2D eigenvalue weighted by Crippen LogP contribution is 2.26. The fourth-order valence-corrected chi connectivity index (χ4v) is 5.25. The summed E-state index contributed by atoms with van der Waals surface area (Å²) in [5.74, 6) is -0.422. The summed E-state index contributed by atoms with van der Waals surface area (Å²) < 4.78 is 33.0. The number of amides is 1. The van der Waals surface area contributed by atoms with E-state index in [1.54, 1.807) is 35.7 Å². The standard InChI is InChI=1S/C26H19N3O5S2/c1-16-6-12-20(13-7-16)36(32,33)29-19-10-8-17(9-11-19)24(30)28-26-27-22(15-35-26)21-14-18-4-2-3-5-23(18)34-25(21)31/h2-15,29H,1H3,(H,27,28,30). The third-order valence-corrected chi connectivity index (χ3v) is 7.53. The normalized spacial score (nSPS) is 11.4. The third kappa shape index (κ3) is 4.90. The second-order valence-corrected chi connectivity index (χ2v) is 10.5. The van der Waals surface area contributed by atoms with Crippen molar-refractivity contribution in [2.24, 2.45) is 0 Å². The van der Waals surface area contributed by atoms with E-state index in [1.165, 1.54) is 47.7 Å². The Bertz CT molecular complexity index is 1740. The number of hydrogen-bond donors (Lipinski definition) is 2. The highest BCUT2D eigenvalue weighted by molar-refractivity contribution is 7.92. The van der Waals surface area contributed by atoms with E-state index < -0.39 is 21.6 Å². The average Bonchev–Trinajstić information content (AvgIpc) is 3.32. The summed E-state index contributed by atoms with van der Waals surface area (Å²) in [7, 11) is -3.74. The molecule has 0 aliphatic rings. The van der Waals surface area contributed by atoms with Crippen LogP contribution in [-0.2, 0) is 10.0 Å². The van der Waals surface area contributed by atoms with Crippen LogP contribution in [-0.4, -0.2) is 19.3 Å². The van der Waals surface area contributed by atoms with Gasteiger partial charge in [-0.15, -0.1) is 11.3 Å². The molecule has 0 atom stereocenters. The zero-order chi connectivity index (χ0) is 25.3. The van der Waals surface area contributed by atoms with Crippen LogP contribution in [0.25, 0.3) is 22.2 Å². The number of carbonyl (C=O) groups is 1. The van der Waals surface area contributed by atoms with Crippen LogP contribution in [0.15, 0.2) is 98.4 Å². The summed E-state index contributed by atoms with van der Waals surface area (Å²) in [5.41, 5.74) is 2.27. The van der Waals surface area contributed by atoms with Crippen molar-refractivity contribution in [2.45, 2.75) is 11.8 Å². The van der Waals surface area contributed by atoms with Gasteiger partial charge in [0.1, 0.15) is 5.58 Å². The van der Waals surface area contributed by atoms with Crippen molar-refractivity contribution in [3.8, 4) is 11.3 Å². The van der Waals surface area contributed by atoms with E-state index in [4.69, 9.17) is 4.42 Å². The summed E-state index contributed by atoms with van der Waals surface area (Å²) in [5, 5.41) is 5.45. The molecule has 0 aliphatic heterocycles. The maximum absolute atomic E-state index is 12.7. The minimum Gasteiger partial charge on any atom is -0.422 e. The quantitative estimate of drug-likeness (QED) is 0.296. The van der Waals surface area contributed by atoms with Crippen molar-refractivity contribution < 1.29 is 17.6 Å². The van der Waals surface area contributed by atoms with Gasteiger partial charge in [0.05, 0.1) is 16.2 Å². The van der Waals surface area contributed by atoms with Gasteiger partial charge in [-0.3, -0.25) is 14.8 Å². The number of fused-ring (bicyclic) bond motifs is 1. The Labute approximate surface area is 210 Å². The third-order valence-electron chi connectivity index (χ3n) is 5.37. The van der Waals surface area contributed by atoms with E-state index in [-0.39, 0.29) is 4.90 Å². The molecule has 2 N–H and O–H groups in total. The largest absolute Gasteiger partial charge is 0.422 e. The van der Waals surface area contributed by atoms with E-state index in [2.05, 4.69) is 15.0 Å². The fourth-order valence-electron chi connectivity index (χ4n) is 3.49. The molecule has 3 aromatic carbocycles. The number of benzene rings is 3. The number of nitrogens with zero attached hydrogens (tertiary/aromatic N) is 1. The molecule has 2 aromatic heterocycles. The van der Waals surface area contributed by atoms with Crippen LogP contribution in [0.5, 0.6) is 0 Å². The summed E-state index contributed by atoms with van der Waals surface area (Å²) in [6.07, 6.45) is 0. The second kappa shape index (κ2) is 9.40. The summed E-state index contributed by atoms with van der Waals surface area (Å²) in [6.45, 7) is 1.88. The molecule has 0 bridgehead atoms. The predicted octanol–water partition coefficient (Wildman–Crippen LogP) is 5.28. The summed E-state index contributed by atoms with van der Waals surface area (Å²) in [4.78, 5) is 29.6. The van der Waals surface area contributed by atoms with Gasteiger partial charge in [0.25, 0.3) is 15.9 Å². The number of thiazole rings is 1. The highest BCUT2D eigenvalue weighted by Gasteiger charge is 2.16. The molecule has 8 nitrogen and oxygen atoms in total. The Morgan fingerprint density at radius 2 is 1.69 bits per heavy atom. The first-order valence-corrected chi connectivity index (χ1v) is 13.1. The van der Waals surface area contributed by atoms with Crippen molar-refractivity contribution in [1.29, 1.82) is 0 Å². The summed E-state index contributed by atoms with van der Waals surface area (Å²) in [6, 6.07) is 21.4. The van der Waals surface area contributed by atoms with Gasteiger partial charge in [-0.2, -0.15) is 0 Å². The van der Waals surface area contributed by atoms with Crippen molar-refractivity contribution in [3.63, 3.8) is 0 Å². The number of rotatable bonds is 6. The maximum atomic E-state index is 12.7. The molecule has 5 rings (SSSR count). The van der Waals surface area contributed by atoms with Gasteiger partial charge in [-0.1, -0.05) is 35.9 Å². The Balaban J connectivity index is 1.29. The number of aryl methyl sites for hydroxylation is 1. The Kier molecular flexibility index (Phi) is 6.13. The molecule has 180 valence electrons.